The van der Waals surface area contributed by atoms with Gasteiger partial charge in [-0.15, -0.1) is 0 Å². The van der Waals surface area contributed by atoms with Gasteiger partial charge < -0.3 is 9.29 Å². The summed E-state index contributed by atoms with van der Waals surface area (Å²) in [6, 6.07) is 36.9. The van der Waals surface area contributed by atoms with Crippen LogP contribution in [0.3, 0.4) is 0 Å². The average molecular weight is 615 g/mol. The SMILES string of the molecule is Cc1ccc([S+](c2ccccc2)c2ccccc2)cc1.O=S(=O)([O-])C(F)(F)C(F)(F)C(F)(F)OCc1ccccc1. The number of alkyl halides is 6. The van der Waals surface area contributed by atoms with Crippen molar-refractivity contribution in [2.45, 2.75) is 45.5 Å². The summed E-state index contributed by atoms with van der Waals surface area (Å²) >= 11 is 0. The Hall–Kier alpha value is -3.32. The predicted molar refractivity (Wildman–Crippen MR) is 142 cm³/mol. The second-order valence-electron chi connectivity index (χ2n) is 8.58. The Morgan fingerprint density at radius 2 is 1.05 bits per heavy atom. The normalized spacial score (nSPS) is 12.5. The lowest BCUT2D eigenvalue weighted by atomic mass is 10.2. The summed E-state index contributed by atoms with van der Waals surface area (Å²) < 4.78 is 111. The summed E-state index contributed by atoms with van der Waals surface area (Å²) in [6.07, 6.45) is -5.87. The maximum absolute atomic E-state index is 13.1. The lowest BCUT2D eigenvalue weighted by Crippen LogP contribution is -2.58. The molecule has 4 nitrogen and oxygen atoms in total. The van der Waals surface area contributed by atoms with E-state index in [1.807, 2.05) is 0 Å². The minimum Gasteiger partial charge on any atom is -0.743 e. The molecule has 0 fully saturated rings. The van der Waals surface area contributed by atoms with E-state index in [-0.39, 0.29) is 16.5 Å². The second kappa shape index (κ2) is 13.1. The minimum atomic E-state index is -7.02. The first-order chi connectivity index (χ1) is 19.2. The van der Waals surface area contributed by atoms with Gasteiger partial charge in [0, 0.05) is 0 Å². The molecule has 0 amide bonds. The molecule has 0 saturated carbocycles. The number of hydrogen-bond acceptors (Lipinski definition) is 4. The van der Waals surface area contributed by atoms with Gasteiger partial charge in [0.15, 0.2) is 24.8 Å². The lowest BCUT2D eigenvalue weighted by molar-refractivity contribution is -0.386. The molecule has 218 valence electrons. The van der Waals surface area contributed by atoms with E-state index in [1.165, 1.54) is 50.6 Å². The van der Waals surface area contributed by atoms with Gasteiger partial charge in [0.2, 0.25) is 0 Å². The van der Waals surface area contributed by atoms with Crippen LogP contribution in [0.15, 0.2) is 130 Å². The number of ether oxygens (including phenoxy) is 1. The Morgan fingerprint density at radius 3 is 1.46 bits per heavy atom. The summed E-state index contributed by atoms with van der Waals surface area (Å²) in [5.41, 5.74) is 1.25. The van der Waals surface area contributed by atoms with Crippen LogP contribution in [0.1, 0.15) is 11.1 Å². The lowest BCUT2D eigenvalue weighted by Gasteiger charge is -2.33. The number of halogens is 6. The minimum absolute atomic E-state index is 0.0229. The van der Waals surface area contributed by atoms with E-state index in [4.69, 9.17) is 0 Å². The van der Waals surface area contributed by atoms with Crippen molar-refractivity contribution in [3.05, 3.63) is 126 Å². The molecule has 0 heterocycles. The van der Waals surface area contributed by atoms with Gasteiger partial charge in [0.05, 0.1) is 17.5 Å². The molecule has 0 saturated heterocycles. The first-order valence-corrected chi connectivity index (χ1v) is 14.5. The number of aryl methyl sites for hydroxylation is 1. The first kappa shape index (κ1) is 32.2. The van der Waals surface area contributed by atoms with Crippen LogP contribution in [-0.2, 0) is 32.4 Å². The summed E-state index contributed by atoms with van der Waals surface area (Å²) in [7, 11) is -7.04. The third-order valence-electron chi connectivity index (χ3n) is 5.52. The van der Waals surface area contributed by atoms with Crippen LogP contribution in [-0.4, -0.2) is 30.3 Å². The van der Waals surface area contributed by atoms with E-state index < -0.39 is 34.0 Å². The standard InChI is InChI=1S/C19H17S.C10H8F6O4S/c1-16-12-14-19(15-13-16)20(17-8-4-2-5-9-17)18-10-6-3-7-11-18;11-8(12,10(15,16)21(17,18)19)9(13,14)20-6-7-4-2-1-3-5-7/h2-15H,1H3;1-5H,6H2,(H,17,18,19)/q+1;/p-1. The number of rotatable bonds is 9. The molecule has 0 aliphatic carbocycles. The topological polar surface area (TPSA) is 66.4 Å². The van der Waals surface area contributed by atoms with Crippen molar-refractivity contribution in [3.8, 4) is 0 Å². The van der Waals surface area contributed by atoms with Gasteiger partial charge in [0.1, 0.15) is 0 Å². The first-order valence-electron chi connectivity index (χ1n) is 11.9. The molecule has 0 aromatic heterocycles. The highest BCUT2D eigenvalue weighted by molar-refractivity contribution is 7.97. The molecule has 4 aromatic rings. The molecule has 0 spiro atoms. The van der Waals surface area contributed by atoms with E-state index in [0.717, 1.165) is 0 Å². The van der Waals surface area contributed by atoms with E-state index in [9.17, 15) is 39.3 Å². The van der Waals surface area contributed by atoms with Crippen LogP contribution in [0.2, 0.25) is 0 Å². The van der Waals surface area contributed by atoms with E-state index in [2.05, 4.69) is 96.6 Å². The van der Waals surface area contributed by atoms with Gasteiger partial charge in [-0.25, -0.2) is 8.42 Å². The van der Waals surface area contributed by atoms with Gasteiger partial charge in [-0.05, 0) is 48.9 Å². The molecular formula is C29H24F6O4S2. The van der Waals surface area contributed by atoms with Crippen molar-refractivity contribution >= 4 is 21.0 Å². The van der Waals surface area contributed by atoms with E-state index in [1.54, 1.807) is 0 Å². The average Bonchev–Trinajstić information content (AvgIpc) is 2.94. The molecule has 0 N–H and O–H groups in total. The molecule has 41 heavy (non-hydrogen) atoms. The fraction of sp³-hybridized carbons (Fsp3) is 0.172. The fourth-order valence-electron chi connectivity index (χ4n) is 3.36. The van der Waals surface area contributed by atoms with Crippen molar-refractivity contribution in [2.24, 2.45) is 0 Å². The Kier molecular flexibility index (Phi) is 10.3. The van der Waals surface area contributed by atoms with Crippen molar-refractivity contribution in [3.63, 3.8) is 0 Å². The molecule has 0 atom stereocenters. The van der Waals surface area contributed by atoms with Crippen molar-refractivity contribution in [2.75, 3.05) is 0 Å². The zero-order chi connectivity index (χ0) is 30.3. The molecule has 0 bridgehead atoms. The van der Waals surface area contributed by atoms with Crippen LogP contribution in [0.25, 0.3) is 0 Å². The van der Waals surface area contributed by atoms with Gasteiger partial charge in [-0.1, -0.05) is 84.4 Å². The van der Waals surface area contributed by atoms with E-state index in [0.29, 0.717) is 0 Å². The van der Waals surface area contributed by atoms with Gasteiger partial charge in [-0.2, -0.15) is 26.3 Å². The Labute approximate surface area is 236 Å². The second-order valence-corrected chi connectivity index (χ2v) is 12.0. The van der Waals surface area contributed by atoms with Crippen LogP contribution in [0.4, 0.5) is 26.3 Å². The quantitative estimate of drug-likeness (QED) is 0.110. The van der Waals surface area contributed by atoms with Gasteiger partial charge >= 0.3 is 17.3 Å². The molecule has 0 aliphatic heterocycles. The highest BCUT2D eigenvalue weighted by atomic mass is 32.2. The molecule has 0 aliphatic rings. The fourth-order valence-corrected chi connectivity index (χ4v) is 5.88. The van der Waals surface area contributed by atoms with Crippen molar-refractivity contribution < 1.29 is 44.0 Å². The molecule has 4 rings (SSSR count). The molecule has 4 aromatic carbocycles. The maximum atomic E-state index is 13.1. The third kappa shape index (κ3) is 7.70. The summed E-state index contributed by atoms with van der Waals surface area (Å²) in [5, 5.41) is -6.53. The largest absolute Gasteiger partial charge is 0.743 e. The van der Waals surface area contributed by atoms with Gasteiger partial charge in [-0.3, -0.25) is 0 Å². The van der Waals surface area contributed by atoms with Crippen LogP contribution in [0.5, 0.6) is 0 Å². The molecular weight excluding hydrogens is 590 g/mol. The number of hydrogen-bond donors (Lipinski definition) is 0. The molecule has 0 radical (unpaired) electrons. The maximum Gasteiger partial charge on any atom is 0.427 e. The Bertz CT molecular complexity index is 1450. The van der Waals surface area contributed by atoms with Crippen LogP contribution in [0, 0.1) is 6.92 Å². The van der Waals surface area contributed by atoms with Crippen LogP contribution < -0.4 is 0 Å². The third-order valence-corrected chi connectivity index (χ3v) is 8.64. The molecule has 12 heteroatoms. The Balaban J connectivity index is 0.000000225. The molecule has 0 unspecified atom stereocenters. The zero-order valence-corrected chi connectivity index (χ0v) is 23.0. The summed E-state index contributed by atoms with van der Waals surface area (Å²) in [6.45, 7) is 0.936. The van der Waals surface area contributed by atoms with Crippen LogP contribution >= 0.6 is 0 Å². The zero-order valence-electron chi connectivity index (χ0n) is 21.4. The van der Waals surface area contributed by atoms with Crippen molar-refractivity contribution in [1.82, 2.24) is 0 Å². The monoisotopic (exact) mass is 614 g/mol. The smallest absolute Gasteiger partial charge is 0.427 e. The highest BCUT2D eigenvalue weighted by Gasteiger charge is 2.76. The predicted octanol–water partition coefficient (Wildman–Crippen LogP) is 7.66. The van der Waals surface area contributed by atoms with Gasteiger partial charge in [0.25, 0.3) is 0 Å². The Morgan fingerprint density at radius 1 is 0.659 bits per heavy atom. The number of benzene rings is 4. The summed E-state index contributed by atoms with van der Waals surface area (Å²) in [5.74, 6) is -6.53. The summed E-state index contributed by atoms with van der Waals surface area (Å²) in [4.78, 5) is 4.10. The highest BCUT2D eigenvalue weighted by Crippen LogP contribution is 2.48. The van der Waals surface area contributed by atoms with Crippen molar-refractivity contribution in [1.29, 1.82) is 0 Å². The van der Waals surface area contributed by atoms with E-state index >= 15 is 0 Å².